The van der Waals surface area contributed by atoms with Crippen LogP contribution >= 0.6 is 11.6 Å². The van der Waals surface area contributed by atoms with Crippen LogP contribution in [0.4, 0.5) is 10.5 Å². The monoisotopic (exact) mass is 532 g/mol. The van der Waals surface area contributed by atoms with Gasteiger partial charge in [-0.3, -0.25) is 9.69 Å². The second-order valence-electron chi connectivity index (χ2n) is 10.8. The lowest BCUT2D eigenvalue weighted by Gasteiger charge is -2.44. The molecule has 2 saturated heterocycles. The minimum atomic E-state index is -1.36. The predicted octanol–water partition coefficient (Wildman–Crippen LogP) is 4.86. The van der Waals surface area contributed by atoms with Crippen molar-refractivity contribution in [1.29, 1.82) is 0 Å². The molecular weight excluding hydrogens is 496 g/mol. The Morgan fingerprint density at radius 2 is 1.97 bits per heavy atom. The molecule has 2 fully saturated rings. The number of benzene rings is 1. The zero-order chi connectivity index (χ0) is 27.1. The Labute approximate surface area is 223 Å². The fourth-order valence-electron chi connectivity index (χ4n) is 5.37. The molecule has 0 saturated carbocycles. The van der Waals surface area contributed by atoms with Crippen LogP contribution in [-0.2, 0) is 20.7 Å². The quantitative estimate of drug-likeness (QED) is 0.519. The summed E-state index contributed by atoms with van der Waals surface area (Å²) in [6.07, 6.45) is 6.41. The van der Waals surface area contributed by atoms with Crippen LogP contribution in [0.1, 0.15) is 52.0 Å². The predicted molar refractivity (Wildman–Crippen MR) is 142 cm³/mol. The summed E-state index contributed by atoms with van der Waals surface area (Å²) in [5.74, 6) is 0.277. The molecule has 4 rings (SSSR count). The molecule has 9 heteroatoms. The van der Waals surface area contributed by atoms with Crippen LogP contribution in [0.2, 0.25) is 5.02 Å². The number of halogens is 1. The van der Waals surface area contributed by atoms with E-state index < -0.39 is 23.5 Å². The zero-order valence-electron chi connectivity index (χ0n) is 22.4. The van der Waals surface area contributed by atoms with E-state index in [-0.39, 0.29) is 37.2 Å². The fourth-order valence-corrected chi connectivity index (χ4v) is 5.68. The fraction of sp³-hybridized carbons (Fsp3) is 0.571. The number of allylic oxidation sites excluding steroid dienone is 3. The van der Waals surface area contributed by atoms with E-state index in [9.17, 15) is 14.7 Å². The standard InChI is InChI=1S/C28H37ClN2O6/c1-17-9-7-8-11-28(34)16-22(36-26(33)31(28)5)18(2)25-27(3,37-25)12-10-23(32)30(4)20-14-19(13-17)15-21(35-6)24(20)29/h7-9,14-15,18,22,25,34H,10-13,16H2,1-6H3/b8-7+,17-9+/t18-,22+,25+,27+,28-/m1/s1. The summed E-state index contributed by atoms with van der Waals surface area (Å²) in [6.45, 7) is 5.95. The third-order valence-corrected chi connectivity index (χ3v) is 8.38. The second kappa shape index (κ2) is 10.3. The number of hydrogen-bond donors (Lipinski definition) is 1. The molecule has 202 valence electrons. The molecule has 0 aliphatic carbocycles. The van der Waals surface area contributed by atoms with Gasteiger partial charge in [0.25, 0.3) is 0 Å². The van der Waals surface area contributed by atoms with Crippen LogP contribution in [0, 0.1) is 5.92 Å². The van der Waals surface area contributed by atoms with E-state index >= 15 is 0 Å². The van der Waals surface area contributed by atoms with Gasteiger partial charge in [0.2, 0.25) is 5.91 Å². The van der Waals surface area contributed by atoms with Gasteiger partial charge in [-0.1, -0.05) is 42.3 Å². The lowest BCUT2D eigenvalue weighted by molar-refractivity contribution is -0.154. The Morgan fingerprint density at radius 1 is 1.24 bits per heavy atom. The van der Waals surface area contributed by atoms with Gasteiger partial charge in [-0.25, -0.2) is 4.79 Å². The Balaban J connectivity index is 1.68. The number of aliphatic hydroxyl groups is 1. The molecule has 1 aromatic rings. The van der Waals surface area contributed by atoms with E-state index in [0.717, 1.165) is 11.1 Å². The first kappa shape index (κ1) is 27.5. The minimum Gasteiger partial charge on any atom is -0.495 e. The largest absolute Gasteiger partial charge is 0.495 e. The number of nitrogens with zero attached hydrogens (tertiary/aromatic N) is 2. The summed E-state index contributed by atoms with van der Waals surface area (Å²) in [5.41, 5.74) is 0.742. The Bertz CT molecular complexity index is 1140. The molecule has 1 N–H and O–H groups in total. The molecule has 0 unspecified atom stereocenters. The van der Waals surface area contributed by atoms with Gasteiger partial charge in [-0.15, -0.1) is 0 Å². The summed E-state index contributed by atoms with van der Waals surface area (Å²) < 4.78 is 17.2. The van der Waals surface area contributed by atoms with E-state index in [2.05, 4.69) is 0 Å². The second-order valence-corrected chi connectivity index (χ2v) is 11.2. The molecular formula is C28H37ClN2O6. The van der Waals surface area contributed by atoms with Crippen LogP contribution in [0.3, 0.4) is 0 Å². The molecule has 0 spiro atoms. The van der Waals surface area contributed by atoms with Crippen molar-refractivity contribution in [1.82, 2.24) is 4.90 Å². The van der Waals surface area contributed by atoms with Crippen LogP contribution in [0.25, 0.3) is 0 Å². The lowest BCUT2D eigenvalue weighted by Crippen LogP contribution is -2.58. The van der Waals surface area contributed by atoms with Crippen LogP contribution in [0.15, 0.2) is 35.9 Å². The van der Waals surface area contributed by atoms with Crippen molar-refractivity contribution in [3.8, 4) is 5.75 Å². The molecule has 4 bridgehead atoms. The highest BCUT2D eigenvalue weighted by Crippen LogP contribution is 2.48. The molecule has 2 amide bonds. The van der Waals surface area contributed by atoms with Gasteiger partial charge in [0.05, 0.1) is 24.5 Å². The van der Waals surface area contributed by atoms with Crippen LogP contribution < -0.4 is 9.64 Å². The van der Waals surface area contributed by atoms with Gasteiger partial charge < -0.3 is 24.2 Å². The molecule has 3 aliphatic rings. The number of carbonyl (C=O) groups excluding carboxylic acids is 2. The number of epoxide rings is 1. The number of ether oxygens (including phenoxy) is 3. The van der Waals surface area contributed by atoms with Gasteiger partial charge in [0, 0.05) is 39.3 Å². The first-order chi connectivity index (χ1) is 17.4. The Hall–Kier alpha value is -2.55. The highest BCUT2D eigenvalue weighted by atomic mass is 35.5. The zero-order valence-corrected chi connectivity index (χ0v) is 23.2. The van der Waals surface area contributed by atoms with Crippen LogP contribution in [-0.4, -0.2) is 66.7 Å². The molecule has 0 radical (unpaired) electrons. The first-order valence-electron chi connectivity index (χ1n) is 12.7. The van der Waals surface area contributed by atoms with Gasteiger partial charge >= 0.3 is 6.09 Å². The van der Waals surface area contributed by atoms with Crippen molar-refractivity contribution >= 4 is 29.3 Å². The number of anilines is 1. The maximum atomic E-state index is 13.2. The number of methoxy groups -OCH3 is 1. The highest BCUT2D eigenvalue weighted by Gasteiger charge is 2.58. The summed E-state index contributed by atoms with van der Waals surface area (Å²) in [7, 11) is 4.83. The minimum absolute atomic E-state index is 0.0857. The third-order valence-electron chi connectivity index (χ3n) is 8.00. The summed E-state index contributed by atoms with van der Waals surface area (Å²) in [6, 6.07) is 3.80. The van der Waals surface area contributed by atoms with Crippen molar-refractivity contribution in [2.75, 3.05) is 26.1 Å². The van der Waals surface area contributed by atoms with Crippen LogP contribution in [0.5, 0.6) is 5.75 Å². The van der Waals surface area contributed by atoms with Crippen molar-refractivity contribution in [2.45, 2.75) is 76.4 Å². The topological polar surface area (TPSA) is 91.8 Å². The molecule has 0 aromatic heterocycles. The smallest absolute Gasteiger partial charge is 0.412 e. The van der Waals surface area contributed by atoms with E-state index in [4.69, 9.17) is 25.8 Å². The molecule has 3 aliphatic heterocycles. The number of rotatable bonds is 1. The van der Waals surface area contributed by atoms with Gasteiger partial charge in [-0.05, 0) is 44.4 Å². The molecule has 1 aromatic carbocycles. The third kappa shape index (κ3) is 5.52. The number of amides is 2. The summed E-state index contributed by atoms with van der Waals surface area (Å²) in [4.78, 5) is 28.7. The van der Waals surface area contributed by atoms with E-state index in [0.29, 0.717) is 29.3 Å². The van der Waals surface area contributed by atoms with E-state index in [1.807, 2.05) is 51.1 Å². The van der Waals surface area contributed by atoms with Gasteiger partial charge in [0.15, 0.2) is 0 Å². The SMILES string of the molecule is COc1cc2cc(c1Cl)N(C)C(=O)CC[C@]1(C)O[C@H]1[C@H](C)[C@@H]1C[C@](O)(C/C=C/C=C(\C)C2)N(C)C(=O)O1. The molecule has 37 heavy (non-hydrogen) atoms. The normalized spacial score (nSPS) is 35.2. The van der Waals surface area contributed by atoms with Crippen molar-refractivity contribution in [3.63, 3.8) is 0 Å². The number of carbonyl (C=O) groups is 2. The van der Waals surface area contributed by atoms with Gasteiger partial charge in [0.1, 0.15) is 22.6 Å². The maximum Gasteiger partial charge on any atom is 0.412 e. The first-order valence-corrected chi connectivity index (χ1v) is 13.1. The number of fused-ring (bicyclic) bond motifs is 5. The van der Waals surface area contributed by atoms with E-state index in [1.54, 1.807) is 26.1 Å². The molecule has 5 atom stereocenters. The lowest BCUT2D eigenvalue weighted by atomic mass is 9.85. The average Bonchev–Trinajstić information content (AvgIpc) is 3.54. The molecule has 3 heterocycles. The van der Waals surface area contributed by atoms with Crippen molar-refractivity contribution < 1.29 is 28.9 Å². The molecule has 8 nitrogen and oxygen atoms in total. The maximum absolute atomic E-state index is 13.2. The van der Waals surface area contributed by atoms with E-state index in [1.165, 1.54) is 4.90 Å². The summed E-state index contributed by atoms with van der Waals surface area (Å²) in [5, 5.41) is 11.8. The van der Waals surface area contributed by atoms with Gasteiger partial charge in [-0.2, -0.15) is 0 Å². The average molecular weight is 533 g/mol. The Kier molecular flexibility index (Phi) is 7.66. The van der Waals surface area contributed by atoms with Crippen molar-refractivity contribution in [3.05, 3.63) is 46.5 Å². The summed E-state index contributed by atoms with van der Waals surface area (Å²) >= 11 is 6.60. The number of hydrogen-bond acceptors (Lipinski definition) is 6. The highest BCUT2D eigenvalue weighted by molar-refractivity contribution is 6.35. The Morgan fingerprint density at radius 3 is 2.68 bits per heavy atom. The van der Waals surface area contributed by atoms with Crippen molar-refractivity contribution in [2.24, 2.45) is 5.92 Å².